The molecule has 2 aliphatic heterocycles. The van der Waals surface area contributed by atoms with Gasteiger partial charge in [-0.15, -0.1) is 0 Å². The van der Waals surface area contributed by atoms with Crippen LogP contribution < -0.4 is 15.5 Å². The van der Waals surface area contributed by atoms with Gasteiger partial charge in [0, 0.05) is 17.2 Å². The average molecular weight is 797 g/mol. The lowest BCUT2D eigenvalue weighted by Gasteiger charge is -2.45. The molecule has 0 fully saturated rings. The minimum atomic E-state index is -0.518. The molecule has 2 N–H and O–H groups in total. The summed E-state index contributed by atoms with van der Waals surface area (Å²) in [5, 5.41) is 7.68. The highest BCUT2D eigenvalue weighted by Gasteiger charge is 2.51. The van der Waals surface area contributed by atoms with Crippen molar-refractivity contribution in [1.29, 1.82) is 0 Å². The maximum Gasteiger partial charge on any atom is 0.131 e. The first kappa shape index (κ1) is 36.3. The van der Waals surface area contributed by atoms with Crippen molar-refractivity contribution in [3.8, 4) is 22.3 Å². The van der Waals surface area contributed by atoms with Crippen LogP contribution in [0.1, 0.15) is 57.4 Å². The van der Waals surface area contributed by atoms with Crippen molar-refractivity contribution in [3.05, 3.63) is 269 Å². The summed E-state index contributed by atoms with van der Waals surface area (Å²) >= 11 is 0. The van der Waals surface area contributed by atoms with Gasteiger partial charge in [0.25, 0.3) is 0 Å². The lowest BCUT2D eigenvalue weighted by molar-refractivity contribution is 0.439. The Morgan fingerprint density at radius 2 is 1.10 bits per heavy atom. The fourth-order valence-corrected chi connectivity index (χ4v) is 10.5. The fraction of sp³-hybridized carbons (Fsp3) is 0.0862. The van der Waals surface area contributed by atoms with E-state index in [0.29, 0.717) is 5.92 Å². The molecule has 2 heterocycles. The summed E-state index contributed by atoms with van der Waals surface area (Å²) in [4.78, 5) is 7.79. The van der Waals surface area contributed by atoms with E-state index in [-0.39, 0.29) is 12.3 Å². The number of nitrogens with zero attached hydrogens (tertiary/aromatic N) is 2. The highest BCUT2D eigenvalue weighted by molar-refractivity contribution is 6.00. The van der Waals surface area contributed by atoms with Crippen LogP contribution in [-0.4, -0.2) is 12.0 Å². The summed E-state index contributed by atoms with van der Waals surface area (Å²) in [5.74, 6) is 1.21. The van der Waals surface area contributed by atoms with E-state index in [0.717, 1.165) is 34.6 Å². The van der Waals surface area contributed by atoms with Crippen molar-refractivity contribution in [2.45, 2.75) is 30.1 Å². The molecule has 8 aromatic rings. The van der Waals surface area contributed by atoms with E-state index in [2.05, 4.69) is 240 Å². The number of fused-ring (bicyclic) bond motifs is 9. The lowest BCUT2D eigenvalue weighted by atomic mass is 9.64. The van der Waals surface area contributed by atoms with Crippen LogP contribution in [0.5, 0.6) is 0 Å². The second-order valence-electron chi connectivity index (χ2n) is 16.7. The molecule has 0 amide bonds. The molecule has 4 nitrogen and oxygen atoms in total. The molecular weight excluding hydrogens is 753 g/mol. The van der Waals surface area contributed by atoms with Crippen molar-refractivity contribution in [2.24, 2.45) is 4.99 Å². The molecule has 62 heavy (non-hydrogen) atoms. The predicted molar refractivity (Wildman–Crippen MR) is 254 cm³/mol. The summed E-state index contributed by atoms with van der Waals surface area (Å²) < 4.78 is 0. The summed E-state index contributed by atoms with van der Waals surface area (Å²) in [5.41, 5.74) is 17.9. The Morgan fingerprint density at radius 1 is 0.500 bits per heavy atom. The van der Waals surface area contributed by atoms with Crippen LogP contribution in [0.15, 0.2) is 235 Å². The molecule has 0 radical (unpaired) electrons. The summed E-state index contributed by atoms with van der Waals surface area (Å²) in [7, 11) is 0. The van der Waals surface area contributed by atoms with Gasteiger partial charge in [-0.2, -0.15) is 0 Å². The van der Waals surface area contributed by atoms with Gasteiger partial charge in [0.2, 0.25) is 0 Å². The van der Waals surface area contributed by atoms with E-state index in [1.165, 1.54) is 61.5 Å². The number of allylic oxidation sites excluding steroid dienone is 2. The number of anilines is 3. The summed E-state index contributed by atoms with van der Waals surface area (Å²) in [6.07, 6.45) is 7.58. The molecule has 296 valence electrons. The van der Waals surface area contributed by atoms with Crippen LogP contribution in [0.25, 0.3) is 22.3 Å². The number of hydrogen-bond acceptors (Lipinski definition) is 4. The minimum Gasteiger partial charge on any atom is -0.350 e. The number of para-hydroxylation sites is 3. The molecule has 8 aromatic carbocycles. The second kappa shape index (κ2) is 14.9. The van der Waals surface area contributed by atoms with Gasteiger partial charge in [0.1, 0.15) is 18.2 Å². The van der Waals surface area contributed by atoms with E-state index in [9.17, 15) is 0 Å². The van der Waals surface area contributed by atoms with Gasteiger partial charge in [-0.1, -0.05) is 188 Å². The first-order valence-corrected chi connectivity index (χ1v) is 21.7. The van der Waals surface area contributed by atoms with E-state index in [4.69, 9.17) is 4.99 Å². The zero-order valence-corrected chi connectivity index (χ0v) is 34.2. The van der Waals surface area contributed by atoms with Crippen LogP contribution in [0.3, 0.4) is 0 Å². The Morgan fingerprint density at radius 3 is 1.85 bits per heavy atom. The van der Waals surface area contributed by atoms with E-state index in [1.54, 1.807) is 0 Å². The smallest absolute Gasteiger partial charge is 0.131 e. The Balaban J connectivity index is 0.979. The maximum atomic E-state index is 5.35. The van der Waals surface area contributed by atoms with Crippen LogP contribution in [0.4, 0.5) is 17.1 Å². The SMILES string of the molecule is C1=CC(C2NC(c3ccccc3)=NC(c3cccc(-c4ccc5c(c4)C4(c6ccccc6-5)c5ccccc5N(c5ccccc5)c5ccccc54)c3)N2)=CC(c2ccccc2)C1. The summed E-state index contributed by atoms with van der Waals surface area (Å²) in [6, 6.07) is 75.3. The van der Waals surface area contributed by atoms with Crippen molar-refractivity contribution in [2.75, 3.05) is 4.90 Å². The number of nitrogens with one attached hydrogen (secondary N) is 2. The molecule has 0 aromatic heterocycles. The second-order valence-corrected chi connectivity index (χ2v) is 16.7. The van der Waals surface area contributed by atoms with Gasteiger partial charge in [-0.25, -0.2) is 4.99 Å². The van der Waals surface area contributed by atoms with Crippen molar-refractivity contribution >= 4 is 22.9 Å². The molecule has 1 spiro atoms. The monoisotopic (exact) mass is 796 g/mol. The zero-order valence-electron chi connectivity index (χ0n) is 34.2. The lowest BCUT2D eigenvalue weighted by Crippen LogP contribution is -2.52. The van der Waals surface area contributed by atoms with Crippen LogP contribution in [0, 0.1) is 0 Å². The topological polar surface area (TPSA) is 39.7 Å². The number of benzene rings is 8. The third-order valence-electron chi connectivity index (χ3n) is 13.3. The van der Waals surface area contributed by atoms with Gasteiger partial charge in [-0.3, -0.25) is 5.32 Å². The fourth-order valence-electron chi connectivity index (χ4n) is 10.5. The predicted octanol–water partition coefficient (Wildman–Crippen LogP) is 13.1. The van der Waals surface area contributed by atoms with Crippen molar-refractivity contribution < 1.29 is 0 Å². The van der Waals surface area contributed by atoms with E-state index >= 15 is 0 Å². The maximum absolute atomic E-state index is 5.35. The third-order valence-corrected chi connectivity index (χ3v) is 13.3. The number of aliphatic imine (C=N–C) groups is 1. The third kappa shape index (κ3) is 5.83. The highest BCUT2D eigenvalue weighted by atomic mass is 15.3. The molecule has 0 saturated heterocycles. The largest absolute Gasteiger partial charge is 0.350 e. The van der Waals surface area contributed by atoms with Crippen LogP contribution in [-0.2, 0) is 5.41 Å². The first-order chi connectivity index (χ1) is 30.7. The Labute approximate surface area is 363 Å². The Bertz CT molecular complexity index is 3030. The van der Waals surface area contributed by atoms with Crippen LogP contribution in [0.2, 0.25) is 0 Å². The normalized spacial score (nSPS) is 19.0. The first-order valence-electron chi connectivity index (χ1n) is 21.7. The molecule has 0 saturated carbocycles. The number of rotatable bonds is 6. The molecule has 3 unspecified atom stereocenters. The average Bonchev–Trinajstić information content (AvgIpc) is 3.65. The molecular formula is C58H44N4. The molecule has 4 heteroatoms. The van der Waals surface area contributed by atoms with Gasteiger partial charge in [0.05, 0.1) is 16.8 Å². The number of amidine groups is 1. The highest BCUT2D eigenvalue weighted by Crippen LogP contribution is 2.63. The molecule has 3 atom stereocenters. The van der Waals surface area contributed by atoms with E-state index in [1.807, 2.05) is 0 Å². The molecule has 4 aliphatic rings. The molecule has 0 bridgehead atoms. The standard InChI is InChI=1S/C58H44N4/c1-4-18-39(19-5-1)41-22-16-24-44(36-41)56-59-55(40-20-6-2-7-21-40)60-57(61-56)45-25-17-23-42(37-45)43-34-35-48-47-28-10-11-29-49(47)58(52(48)38-43)50-30-12-14-32-53(50)62(46-26-8-3-9-27-46)54-33-15-13-31-51(54)58/h1-21,23-38,41,56-57,61H,22H2,(H,59,60). The van der Waals surface area contributed by atoms with Gasteiger partial charge < -0.3 is 10.2 Å². The van der Waals surface area contributed by atoms with Gasteiger partial charge in [-0.05, 0) is 104 Å². The van der Waals surface area contributed by atoms with Gasteiger partial charge in [0.15, 0.2) is 0 Å². The van der Waals surface area contributed by atoms with Crippen molar-refractivity contribution in [3.63, 3.8) is 0 Å². The van der Waals surface area contributed by atoms with Gasteiger partial charge >= 0.3 is 0 Å². The zero-order chi connectivity index (χ0) is 41.0. The molecule has 12 rings (SSSR count). The Kier molecular flexibility index (Phi) is 8.72. The summed E-state index contributed by atoms with van der Waals surface area (Å²) in [6.45, 7) is 0. The number of hydrogen-bond donors (Lipinski definition) is 2. The quantitative estimate of drug-likeness (QED) is 0.176. The minimum absolute atomic E-state index is 0.126. The van der Waals surface area contributed by atoms with Crippen LogP contribution >= 0.6 is 0 Å². The van der Waals surface area contributed by atoms with Crippen molar-refractivity contribution in [1.82, 2.24) is 10.6 Å². The Hall–Kier alpha value is -7.53. The van der Waals surface area contributed by atoms with E-state index < -0.39 is 5.41 Å². The molecule has 2 aliphatic carbocycles.